The van der Waals surface area contributed by atoms with Crippen LogP contribution < -0.4 is 5.43 Å². The summed E-state index contributed by atoms with van der Waals surface area (Å²) >= 11 is 0. The minimum atomic E-state index is -1.21. The van der Waals surface area contributed by atoms with Crippen LogP contribution in [0.4, 0.5) is 0 Å². The predicted molar refractivity (Wildman–Crippen MR) is 71.0 cm³/mol. The first kappa shape index (κ1) is 15.0. The molecule has 5 heteroatoms. The van der Waals surface area contributed by atoms with Gasteiger partial charge in [-0.2, -0.15) is 5.26 Å². The Morgan fingerprint density at radius 2 is 2.16 bits per heavy atom. The summed E-state index contributed by atoms with van der Waals surface area (Å²) in [5, 5.41) is 17.8. The summed E-state index contributed by atoms with van der Waals surface area (Å²) in [5.41, 5.74) is -0.351. The van der Waals surface area contributed by atoms with E-state index in [0.29, 0.717) is 6.54 Å². The second-order valence-corrected chi connectivity index (χ2v) is 5.29. The van der Waals surface area contributed by atoms with Crippen LogP contribution in [0.2, 0.25) is 0 Å². The van der Waals surface area contributed by atoms with Crippen molar-refractivity contribution >= 4 is 5.97 Å². The number of aryl methyl sites for hydroxylation is 2. The molecule has 0 saturated heterocycles. The number of rotatable bonds is 5. The van der Waals surface area contributed by atoms with Crippen LogP contribution in [0.5, 0.6) is 0 Å². The van der Waals surface area contributed by atoms with Gasteiger partial charge in [0.1, 0.15) is 5.56 Å². The molecule has 1 aromatic heterocycles. The van der Waals surface area contributed by atoms with Gasteiger partial charge in [0.15, 0.2) is 5.43 Å². The molecule has 0 aliphatic heterocycles. The lowest BCUT2D eigenvalue weighted by Crippen LogP contribution is -2.19. The van der Waals surface area contributed by atoms with Gasteiger partial charge < -0.3 is 9.67 Å². The first-order valence-electron chi connectivity index (χ1n) is 6.12. The zero-order valence-corrected chi connectivity index (χ0v) is 11.4. The highest BCUT2D eigenvalue weighted by Crippen LogP contribution is 2.21. The number of aromatic nitrogens is 1. The molecule has 0 fully saturated rings. The van der Waals surface area contributed by atoms with E-state index in [9.17, 15) is 9.59 Å². The van der Waals surface area contributed by atoms with Gasteiger partial charge in [0, 0.05) is 24.5 Å². The fourth-order valence-electron chi connectivity index (χ4n) is 1.82. The Balaban J connectivity index is 2.85. The van der Waals surface area contributed by atoms with Crippen LogP contribution in [0.3, 0.4) is 0 Å². The molecule has 0 aromatic carbocycles. The van der Waals surface area contributed by atoms with Gasteiger partial charge in [0.25, 0.3) is 0 Å². The van der Waals surface area contributed by atoms with Crippen molar-refractivity contribution in [2.45, 2.75) is 40.2 Å². The number of nitriles is 1. The largest absolute Gasteiger partial charge is 0.477 e. The average molecular weight is 262 g/mol. The molecule has 0 unspecified atom stereocenters. The lowest BCUT2D eigenvalue weighted by atomic mass is 9.90. The Morgan fingerprint density at radius 3 is 2.68 bits per heavy atom. The SMILES string of the molecule is Cc1cc(=O)c(C(=O)O)cn1CCCC(C)(C)C#N. The smallest absolute Gasteiger partial charge is 0.341 e. The maximum absolute atomic E-state index is 11.5. The molecule has 19 heavy (non-hydrogen) atoms. The molecule has 0 aliphatic carbocycles. The van der Waals surface area contributed by atoms with Gasteiger partial charge in [-0.1, -0.05) is 0 Å². The average Bonchev–Trinajstić information content (AvgIpc) is 2.31. The number of pyridine rings is 1. The van der Waals surface area contributed by atoms with Crippen molar-refractivity contribution < 1.29 is 9.90 Å². The first-order chi connectivity index (χ1) is 8.76. The van der Waals surface area contributed by atoms with Gasteiger partial charge in [0.05, 0.1) is 11.5 Å². The van der Waals surface area contributed by atoms with E-state index in [1.165, 1.54) is 12.3 Å². The van der Waals surface area contributed by atoms with E-state index >= 15 is 0 Å². The van der Waals surface area contributed by atoms with Crippen molar-refractivity contribution in [2.24, 2.45) is 5.41 Å². The second kappa shape index (κ2) is 5.70. The Hall–Kier alpha value is -2.09. The molecular formula is C14H18N2O3. The zero-order chi connectivity index (χ0) is 14.6. The van der Waals surface area contributed by atoms with Crippen LogP contribution in [0.15, 0.2) is 17.1 Å². The normalized spacial score (nSPS) is 11.1. The molecule has 0 spiro atoms. The van der Waals surface area contributed by atoms with E-state index in [1.54, 1.807) is 11.5 Å². The first-order valence-corrected chi connectivity index (χ1v) is 6.12. The number of aromatic carboxylic acids is 1. The molecule has 0 radical (unpaired) electrons. The number of carbonyl (C=O) groups is 1. The topological polar surface area (TPSA) is 83.1 Å². The third kappa shape index (κ3) is 3.95. The summed E-state index contributed by atoms with van der Waals surface area (Å²) in [6, 6.07) is 3.56. The van der Waals surface area contributed by atoms with Gasteiger partial charge in [-0.25, -0.2) is 4.79 Å². The molecule has 0 amide bonds. The predicted octanol–water partition coefficient (Wildman–Crippen LogP) is 2.18. The monoisotopic (exact) mass is 262 g/mol. The minimum absolute atomic E-state index is 0.217. The third-order valence-electron chi connectivity index (χ3n) is 3.08. The molecule has 0 atom stereocenters. The van der Waals surface area contributed by atoms with Gasteiger partial charge in [-0.15, -0.1) is 0 Å². The molecule has 102 valence electrons. The Bertz CT molecular complexity index is 579. The van der Waals surface area contributed by atoms with Crippen LogP contribution >= 0.6 is 0 Å². The highest BCUT2D eigenvalue weighted by atomic mass is 16.4. The molecule has 1 heterocycles. The summed E-state index contributed by atoms with van der Waals surface area (Å²) < 4.78 is 1.75. The van der Waals surface area contributed by atoms with Crippen molar-refractivity contribution in [1.82, 2.24) is 4.57 Å². The van der Waals surface area contributed by atoms with Crippen molar-refractivity contribution in [1.29, 1.82) is 5.26 Å². The molecule has 1 rings (SSSR count). The van der Waals surface area contributed by atoms with Crippen LogP contribution in [0.25, 0.3) is 0 Å². The van der Waals surface area contributed by atoms with Crippen molar-refractivity contribution in [3.63, 3.8) is 0 Å². The highest BCUT2D eigenvalue weighted by molar-refractivity contribution is 5.87. The fourth-order valence-corrected chi connectivity index (χ4v) is 1.82. The summed E-state index contributed by atoms with van der Waals surface area (Å²) in [6.07, 6.45) is 2.85. The maximum atomic E-state index is 11.5. The molecule has 0 bridgehead atoms. The number of hydrogen-bond acceptors (Lipinski definition) is 3. The maximum Gasteiger partial charge on any atom is 0.341 e. The van der Waals surface area contributed by atoms with Crippen molar-refractivity contribution in [2.75, 3.05) is 0 Å². The molecule has 0 aliphatic rings. The number of carboxylic acids is 1. The van der Waals surface area contributed by atoms with E-state index in [4.69, 9.17) is 10.4 Å². The molecule has 1 N–H and O–H groups in total. The van der Waals surface area contributed by atoms with E-state index in [2.05, 4.69) is 6.07 Å². The Kier molecular flexibility index (Phi) is 4.49. The lowest BCUT2D eigenvalue weighted by Gasteiger charge is -2.16. The van der Waals surface area contributed by atoms with Gasteiger partial charge in [-0.3, -0.25) is 4.79 Å². The van der Waals surface area contributed by atoms with Crippen molar-refractivity contribution in [3.8, 4) is 6.07 Å². The summed E-state index contributed by atoms with van der Waals surface area (Å²) in [5.74, 6) is -1.21. The van der Waals surface area contributed by atoms with Crippen LogP contribution in [0.1, 0.15) is 42.7 Å². The van der Waals surface area contributed by atoms with E-state index < -0.39 is 11.4 Å². The van der Waals surface area contributed by atoms with Crippen LogP contribution in [-0.4, -0.2) is 15.6 Å². The number of nitrogens with zero attached hydrogens (tertiary/aromatic N) is 2. The van der Waals surface area contributed by atoms with E-state index in [-0.39, 0.29) is 11.0 Å². The molecule has 5 nitrogen and oxygen atoms in total. The number of carboxylic acid groups (broad SMARTS) is 1. The lowest BCUT2D eigenvalue weighted by molar-refractivity contribution is 0.0694. The van der Waals surface area contributed by atoms with Gasteiger partial charge >= 0.3 is 5.97 Å². The van der Waals surface area contributed by atoms with Crippen molar-refractivity contribution in [3.05, 3.63) is 33.7 Å². The minimum Gasteiger partial charge on any atom is -0.477 e. The van der Waals surface area contributed by atoms with Gasteiger partial charge in [-0.05, 0) is 33.6 Å². The Labute approximate surface area is 112 Å². The van der Waals surface area contributed by atoms with Gasteiger partial charge in [0.2, 0.25) is 0 Å². The zero-order valence-electron chi connectivity index (χ0n) is 11.4. The van der Waals surface area contributed by atoms with Crippen LogP contribution in [0, 0.1) is 23.7 Å². The third-order valence-corrected chi connectivity index (χ3v) is 3.08. The van der Waals surface area contributed by atoms with E-state index in [0.717, 1.165) is 18.5 Å². The second-order valence-electron chi connectivity index (χ2n) is 5.29. The van der Waals surface area contributed by atoms with E-state index in [1.807, 2.05) is 13.8 Å². The Morgan fingerprint density at radius 1 is 1.53 bits per heavy atom. The standard InChI is InChI=1S/C14H18N2O3/c1-10-7-12(17)11(13(18)19)8-16(10)6-4-5-14(2,3)9-15/h7-8H,4-6H2,1-3H3,(H,18,19). The molecule has 1 aromatic rings. The quantitative estimate of drug-likeness (QED) is 0.881. The summed E-state index contributed by atoms with van der Waals surface area (Å²) in [7, 11) is 0. The number of hydrogen-bond donors (Lipinski definition) is 1. The fraction of sp³-hybridized carbons (Fsp3) is 0.500. The molecule has 0 saturated carbocycles. The summed E-state index contributed by atoms with van der Waals surface area (Å²) in [4.78, 5) is 22.4. The highest BCUT2D eigenvalue weighted by Gasteiger charge is 2.16. The molecular weight excluding hydrogens is 244 g/mol. The summed E-state index contributed by atoms with van der Waals surface area (Å²) in [6.45, 7) is 6.10. The van der Waals surface area contributed by atoms with Crippen LogP contribution in [-0.2, 0) is 6.54 Å².